The van der Waals surface area contributed by atoms with Gasteiger partial charge in [0.1, 0.15) is 11.5 Å². The zero-order chi connectivity index (χ0) is 14.9. The normalized spacial score (nSPS) is 9.95. The molecule has 0 aliphatic carbocycles. The molecule has 0 aliphatic rings. The molecule has 2 rings (SSSR count). The molecular formula is C17H20N2OS. The Labute approximate surface area is 131 Å². The van der Waals surface area contributed by atoms with Crippen molar-refractivity contribution in [3.8, 4) is 11.5 Å². The standard InChI is InChI=1S/C17H20N2OS/c1-2-3-13-18-17(21)19-14-9-11-16(12-10-14)20-15-7-5-4-6-8-15/h4-12H,2-3,13H2,1H3,(H2,18,19,21). The molecule has 0 spiro atoms. The van der Waals surface area contributed by atoms with Gasteiger partial charge in [0.05, 0.1) is 0 Å². The molecule has 21 heavy (non-hydrogen) atoms. The fourth-order valence-corrected chi connectivity index (χ4v) is 2.00. The second kappa shape index (κ2) is 8.27. The predicted molar refractivity (Wildman–Crippen MR) is 92.1 cm³/mol. The summed E-state index contributed by atoms with van der Waals surface area (Å²) in [7, 11) is 0. The Balaban J connectivity index is 1.85. The number of rotatable bonds is 6. The number of hydrogen-bond acceptors (Lipinski definition) is 2. The van der Waals surface area contributed by atoms with E-state index in [0.29, 0.717) is 5.11 Å². The summed E-state index contributed by atoms with van der Waals surface area (Å²) < 4.78 is 5.74. The average Bonchev–Trinajstić information content (AvgIpc) is 2.51. The number of ether oxygens (including phenoxy) is 1. The Bertz CT molecular complexity index is 555. The van der Waals surface area contributed by atoms with Gasteiger partial charge in [-0.15, -0.1) is 0 Å². The zero-order valence-electron chi connectivity index (χ0n) is 12.1. The molecule has 4 heteroatoms. The van der Waals surface area contributed by atoms with Crippen molar-refractivity contribution in [1.82, 2.24) is 5.32 Å². The van der Waals surface area contributed by atoms with Gasteiger partial charge in [0.15, 0.2) is 5.11 Å². The number of benzene rings is 2. The minimum Gasteiger partial charge on any atom is -0.457 e. The highest BCUT2D eigenvalue weighted by Gasteiger charge is 1.99. The summed E-state index contributed by atoms with van der Waals surface area (Å²) in [6.45, 7) is 3.06. The van der Waals surface area contributed by atoms with Crippen LogP contribution in [0.25, 0.3) is 0 Å². The highest BCUT2D eigenvalue weighted by atomic mass is 32.1. The Morgan fingerprint density at radius 3 is 2.33 bits per heavy atom. The van der Waals surface area contributed by atoms with Gasteiger partial charge < -0.3 is 15.4 Å². The second-order valence-electron chi connectivity index (χ2n) is 4.67. The van der Waals surface area contributed by atoms with Gasteiger partial charge in [-0.2, -0.15) is 0 Å². The average molecular weight is 300 g/mol. The minimum atomic E-state index is 0.653. The van der Waals surface area contributed by atoms with Crippen molar-refractivity contribution < 1.29 is 4.74 Å². The third kappa shape index (κ3) is 5.44. The largest absolute Gasteiger partial charge is 0.457 e. The maximum absolute atomic E-state index is 5.74. The van der Waals surface area contributed by atoms with E-state index in [9.17, 15) is 0 Å². The summed E-state index contributed by atoms with van der Waals surface area (Å²) in [5.74, 6) is 1.63. The van der Waals surface area contributed by atoms with Gasteiger partial charge in [0.2, 0.25) is 0 Å². The van der Waals surface area contributed by atoms with E-state index < -0.39 is 0 Å². The SMILES string of the molecule is CCCCNC(=S)Nc1ccc(Oc2ccccc2)cc1. The Morgan fingerprint density at radius 1 is 1.00 bits per heavy atom. The van der Waals surface area contributed by atoms with Crippen molar-refractivity contribution in [1.29, 1.82) is 0 Å². The summed E-state index contributed by atoms with van der Waals surface area (Å²) >= 11 is 5.23. The van der Waals surface area contributed by atoms with E-state index in [1.807, 2.05) is 54.6 Å². The van der Waals surface area contributed by atoms with Crippen molar-refractivity contribution >= 4 is 23.0 Å². The van der Waals surface area contributed by atoms with Gasteiger partial charge in [-0.25, -0.2) is 0 Å². The van der Waals surface area contributed by atoms with Crippen LogP contribution in [0.4, 0.5) is 5.69 Å². The molecule has 2 aromatic rings. The van der Waals surface area contributed by atoms with Crippen LogP contribution in [0.1, 0.15) is 19.8 Å². The van der Waals surface area contributed by atoms with Crippen molar-refractivity contribution in [3.63, 3.8) is 0 Å². The molecule has 0 unspecified atom stereocenters. The van der Waals surface area contributed by atoms with E-state index >= 15 is 0 Å². The molecule has 0 heterocycles. The number of para-hydroxylation sites is 1. The smallest absolute Gasteiger partial charge is 0.170 e. The van der Waals surface area contributed by atoms with E-state index in [1.165, 1.54) is 0 Å². The molecule has 0 aromatic heterocycles. The molecule has 2 aromatic carbocycles. The number of anilines is 1. The monoisotopic (exact) mass is 300 g/mol. The topological polar surface area (TPSA) is 33.3 Å². The summed E-state index contributed by atoms with van der Waals surface area (Å²) in [6.07, 6.45) is 2.27. The molecule has 2 N–H and O–H groups in total. The Morgan fingerprint density at radius 2 is 1.67 bits per heavy atom. The van der Waals surface area contributed by atoms with E-state index in [-0.39, 0.29) is 0 Å². The van der Waals surface area contributed by atoms with Gasteiger partial charge in [0.25, 0.3) is 0 Å². The van der Waals surface area contributed by atoms with E-state index in [1.54, 1.807) is 0 Å². The van der Waals surface area contributed by atoms with Crippen LogP contribution in [-0.2, 0) is 0 Å². The fraction of sp³-hybridized carbons (Fsp3) is 0.235. The highest BCUT2D eigenvalue weighted by molar-refractivity contribution is 7.80. The third-order valence-electron chi connectivity index (χ3n) is 2.91. The van der Waals surface area contributed by atoms with Crippen LogP contribution in [0.2, 0.25) is 0 Å². The van der Waals surface area contributed by atoms with Gasteiger partial charge >= 0.3 is 0 Å². The Hall–Kier alpha value is -2.07. The summed E-state index contributed by atoms with van der Waals surface area (Å²) in [5.41, 5.74) is 0.949. The number of hydrogen-bond donors (Lipinski definition) is 2. The van der Waals surface area contributed by atoms with Gasteiger partial charge in [0, 0.05) is 12.2 Å². The summed E-state index contributed by atoms with van der Waals surface area (Å²) in [4.78, 5) is 0. The molecule has 0 atom stereocenters. The van der Waals surface area contributed by atoms with Crippen LogP contribution < -0.4 is 15.4 Å². The van der Waals surface area contributed by atoms with Gasteiger partial charge in [-0.05, 0) is 55.0 Å². The molecular weight excluding hydrogens is 280 g/mol. The van der Waals surface area contributed by atoms with Crippen LogP contribution in [0, 0.1) is 0 Å². The molecule has 0 saturated carbocycles. The Kier molecular flexibility index (Phi) is 6.03. The molecule has 0 aliphatic heterocycles. The van der Waals surface area contributed by atoms with Crippen LogP contribution in [-0.4, -0.2) is 11.7 Å². The van der Waals surface area contributed by atoms with Crippen LogP contribution in [0.3, 0.4) is 0 Å². The maximum Gasteiger partial charge on any atom is 0.170 e. The quantitative estimate of drug-likeness (QED) is 0.605. The van der Waals surface area contributed by atoms with Crippen LogP contribution >= 0.6 is 12.2 Å². The lowest BCUT2D eigenvalue weighted by Gasteiger charge is -2.11. The fourth-order valence-electron chi connectivity index (χ4n) is 1.78. The number of nitrogens with one attached hydrogen (secondary N) is 2. The first-order valence-corrected chi connectivity index (χ1v) is 7.56. The third-order valence-corrected chi connectivity index (χ3v) is 3.15. The van der Waals surface area contributed by atoms with Crippen molar-refractivity contribution in [2.75, 3.05) is 11.9 Å². The molecule has 0 radical (unpaired) electrons. The molecule has 110 valence electrons. The van der Waals surface area contributed by atoms with Crippen molar-refractivity contribution in [2.24, 2.45) is 0 Å². The van der Waals surface area contributed by atoms with E-state index in [0.717, 1.165) is 36.6 Å². The lowest BCUT2D eigenvalue weighted by atomic mass is 10.3. The van der Waals surface area contributed by atoms with Gasteiger partial charge in [-0.3, -0.25) is 0 Å². The first-order chi connectivity index (χ1) is 10.3. The highest BCUT2D eigenvalue weighted by Crippen LogP contribution is 2.22. The van der Waals surface area contributed by atoms with E-state index in [2.05, 4.69) is 17.6 Å². The molecule has 0 bridgehead atoms. The molecule has 0 saturated heterocycles. The molecule has 3 nitrogen and oxygen atoms in total. The van der Waals surface area contributed by atoms with Gasteiger partial charge in [-0.1, -0.05) is 31.5 Å². The second-order valence-corrected chi connectivity index (χ2v) is 5.08. The lowest BCUT2D eigenvalue weighted by Crippen LogP contribution is -2.29. The maximum atomic E-state index is 5.74. The molecule has 0 fully saturated rings. The first kappa shape index (κ1) is 15.3. The summed E-state index contributed by atoms with van der Waals surface area (Å²) in [6, 6.07) is 17.5. The van der Waals surface area contributed by atoms with E-state index in [4.69, 9.17) is 17.0 Å². The number of unbranched alkanes of at least 4 members (excludes halogenated alkanes) is 1. The van der Waals surface area contributed by atoms with Crippen molar-refractivity contribution in [2.45, 2.75) is 19.8 Å². The predicted octanol–water partition coefficient (Wildman–Crippen LogP) is 4.57. The summed E-state index contributed by atoms with van der Waals surface area (Å²) in [5, 5.41) is 6.99. The van der Waals surface area contributed by atoms with Crippen LogP contribution in [0.5, 0.6) is 11.5 Å². The molecule has 0 amide bonds. The lowest BCUT2D eigenvalue weighted by molar-refractivity contribution is 0.483. The number of thiocarbonyl (C=S) groups is 1. The minimum absolute atomic E-state index is 0.653. The van der Waals surface area contributed by atoms with Crippen molar-refractivity contribution in [3.05, 3.63) is 54.6 Å². The zero-order valence-corrected chi connectivity index (χ0v) is 13.0. The first-order valence-electron chi connectivity index (χ1n) is 7.16. The van der Waals surface area contributed by atoms with Crippen LogP contribution in [0.15, 0.2) is 54.6 Å².